The van der Waals surface area contributed by atoms with Gasteiger partial charge in [0.1, 0.15) is 11.6 Å². The SMILES string of the molecule is COc1ccc(CN2C(=O)C(NC(=O)c3ccc(Cl)cc3)(C(F)(F)F)N=C2C)cc1. The van der Waals surface area contributed by atoms with Crippen LogP contribution in [0, 0.1) is 0 Å². The molecule has 1 aliphatic rings. The summed E-state index contributed by atoms with van der Waals surface area (Å²) in [5.74, 6) is -2.08. The van der Waals surface area contributed by atoms with Crippen molar-refractivity contribution in [2.45, 2.75) is 25.3 Å². The number of nitrogens with zero attached hydrogens (tertiary/aromatic N) is 2. The molecule has 1 N–H and O–H groups in total. The Morgan fingerprint density at radius 1 is 1.17 bits per heavy atom. The Kier molecular flexibility index (Phi) is 5.76. The Balaban J connectivity index is 1.89. The van der Waals surface area contributed by atoms with Gasteiger partial charge in [0, 0.05) is 10.6 Å². The van der Waals surface area contributed by atoms with Crippen molar-refractivity contribution in [1.82, 2.24) is 10.2 Å². The van der Waals surface area contributed by atoms with Crippen LogP contribution in [0.5, 0.6) is 5.75 Å². The molecule has 0 radical (unpaired) electrons. The van der Waals surface area contributed by atoms with Gasteiger partial charge in [-0.15, -0.1) is 0 Å². The normalized spacial score (nSPS) is 18.9. The number of hydrogen-bond acceptors (Lipinski definition) is 4. The van der Waals surface area contributed by atoms with E-state index in [0.717, 1.165) is 4.90 Å². The van der Waals surface area contributed by atoms with Crippen molar-refractivity contribution in [3.8, 4) is 5.75 Å². The van der Waals surface area contributed by atoms with Crippen LogP contribution in [0.2, 0.25) is 5.02 Å². The number of aliphatic imine (C=N–C) groups is 1. The van der Waals surface area contributed by atoms with Gasteiger partial charge in [-0.3, -0.25) is 14.5 Å². The minimum absolute atomic E-state index is 0.0858. The average molecular weight is 440 g/mol. The number of carbonyl (C=O) groups excluding carboxylic acids is 2. The Labute approximate surface area is 175 Å². The van der Waals surface area contributed by atoms with Crippen LogP contribution in [0.15, 0.2) is 53.5 Å². The van der Waals surface area contributed by atoms with Crippen molar-refractivity contribution in [1.29, 1.82) is 0 Å². The van der Waals surface area contributed by atoms with Gasteiger partial charge in [-0.2, -0.15) is 13.2 Å². The van der Waals surface area contributed by atoms with Crippen LogP contribution >= 0.6 is 11.6 Å². The third kappa shape index (κ3) is 3.97. The average Bonchev–Trinajstić information content (AvgIpc) is 2.94. The van der Waals surface area contributed by atoms with Crippen LogP contribution in [-0.2, 0) is 11.3 Å². The van der Waals surface area contributed by atoms with Gasteiger partial charge in [-0.25, -0.2) is 4.99 Å². The molecule has 2 amide bonds. The number of ether oxygens (including phenoxy) is 1. The molecule has 1 unspecified atom stereocenters. The molecular weight excluding hydrogens is 423 g/mol. The largest absolute Gasteiger partial charge is 0.497 e. The molecule has 6 nitrogen and oxygen atoms in total. The first kappa shape index (κ1) is 21.6. The highest BCUT2D eigenvalue weighted by molar-refractivity contribution is 6.30. The molecule has 0 aliphatic carbocycles. The van der Waals surface area contributed by atoms with E-state index in [1.807, 2.05) is 0 Å². The maximum atomic E-state index is 14.0. The molecule has 0 spiro atoms. The maximum Gasteiger partial charge on any atom is 0.442 e. The van der Waals surface area contributed by atoms with E-state index in [1.54, 1.807) is 29.6 Å². The number of nitrogens with one attached hydrogen (secondary N) is 1. The van der Waals surface area contributed by atoms with Crippen molar-refractivity contribution in [2.24, 2.45) is 4.99 Å². The molecule has 1 atom stereocenters. The number of rotatable bonds is 5. The summed E-state index contributed by atoms with van der Waals surface area (Å²) in [5, 5.41) is 2.09. The summed E-state index contributed by atoms with van der Waals surface area (Å²) >= 11 is 5.74. The number of benzene rings is 2. The summed E-state index contributed by atoms with van der Waals surface area (Å²) in [6, 6.07) is 11.7. The zero-order valence-corrected chi connectivity index (χ0v) is 16.7. The number of amides is 2. The zero-order chi connectivity index (χ0) is 22.1. The van der Waals surface area contributed by atoms with Gasteiger partial charge >= 0.3 is 11.8 Å². The van der Waals surface area contributed by atoms with Crippen molar-refractivity contribution < 1.29 is 27.5 Å². The molecule has 10 heteroatoms. The number of amidine groups is 1. The predicted octanol–water partition coefficient (Wildman–Crippen LogP) is 3.80. The Hall–Kier alpha value is -3.07. The summed E-state index contributed by atoms with van der Waals surface area (Å²) in [6.07, 6.45) is -5.15. The molecule has 2 aromatic carbocycles. The maximum absolute atomic E-state index is 14.0. The summed E-state index contributed by atoms with van der Waals surface area (Å²) in [5.41, 5.74) is -2.92. The topological polar surface area (TPSA) is 71.0 Å². The Morgan fingerprint density at radius 2 is 1.77 bits per heavy atom. The molecule has 158 valence electrons. The van der Waals surface area contributed by atoms with E-state index >= 15 is 0 Å². The first-order valence-electron chi connectivity index (χ1n) is 8.73. The summed E-state index contributed by atoms with van der Waals surface area (Å²) in [4.78, 5) is 29.7. The molecule has 0 fully saturated rings. The van der Waals surface area contributed by atoms with Crippen molar-refractivity contribution in [3.05, 3.63) is 64.7 Å². The summed E-state index contributed by atoms with van der Waals surface area (Å²) in [7, 11) is 1.48. The van der Waals surface area contributed by atoms with E-state index in [1.165, 1.54) is 38.3 Å². The first-order valence-corrected chi connectivity index (χ1v) is 9.11. The van der Waals surface area contributed by atoms with Crippen LogP contribution in [-0.4, -0.2) is 41.5 Å². The molecule has 1 aliphatic heterocycles. The highest BCUT2D eigenvalue weighted by Gasteiger charge is 2.66. The van der Waals surface area contributed by atoms with E-state index in [-0.39, 0.29) is 17.9 Å². The minimum Gasteiger partial charge on any atom is -0.497 e. The molecule has 0 aromatic heterocycles. The molecule has 0 saturated carbocycles. The highest BCUT2D eigenvalue weighted by atomic mass is 35.5. The molecule has 1 heterocycles. The van der Waals surface area contributed by atoms with Crippen molar-refractivity contribution in [2.75, 3.05) is 7.11 Å². The number of alkyl halides is 3. The fraction of sp³-hybridized carbons (Fsp3) is 0.250. The summed E-state index contributed by atoms with van der Waals surface area (Å²) in [6.45, 7) is 1.14. The van der Waals surface area contributed by atoms with Gasteiger partial charge in [0.25, 0.3) is 11.8 Å². The van der Waals surface area contributed by atoms with E-state index in [4.69, 9.17) is 16.3 Å². The fourth-order valence-electron chi connectivity index (χ4n) is 2.97. The zero-order valence-electron chi connectivity index (χ0n) is 16.0. The van der Waals surface area contributed by atoms with Crippen LogP contribution < -0.4 is 10.1 Å². The Bertz CT molecular complexity index is 991. The monoisotopic (exact) mass is 439 g/mol. The predicted molar refractivity (Wildman–Crippen MR) is 104 cm³/mol. The van der Waals surface area contributed by atoms with Crippen molar-refractivity contribution in [3.63, 3.8) is 0 Å². The van der Waals surface area contributed by atoms with Gasteiger partial charge in [0.15, 0.2) is 0 Å². The molecular formula is C20H17ClF3N3O3. The minimum atomic E-state index is -5.15. The van der Waals surface area contributed by atoms with Crippen LogP contribution in [0.1, 0.15) is 22.8 Å². The van der Waals surface area contributed by atoms with E-state index in [0.29, 0.717) is 16.3 Å². The van der Waals surface area contributed by atoms with E-state index < -0.39 is 23.7 Å². The molecule has 30 heavy (non-hydrogen) atoms. The second-order valence-electron chi connectivity index (χ2n) is 6.57. The number of halogens is 4. The molecule has 2 aromatic rings. The number of methoxy groups -OCH3 is 1. The Morgan fingerprint density at radius 3 is 2.30 bits per heavy atom. The van der Waals surface area contributed by atoms with E-state index in [9.17, 15) is 22.8 Å². The second kappa shape index (κ2) is 7.98. The van der Waals surface area contributed by atoms with Crippen LogP contribution in [0.4, 0.5) is 13.2 Å². The lowest BCUT2D eigenvalue weighted by molar-refractivity contribution is -0.196. The van der Waals surface area contributed by atoms with Gasteiger partial charge in [0.05, 0.1) is 13.7 Å². The van der Waals surface area contributed by atoms with Crippen molar-refractivity contribution >= 4 is 29.3 Å². The fourth-order valence-corrected chi connectivity index (χ4v) is 3.09. The smallest absolute Gasteiger partial charge is 0.442 e. The second-order valence-corrected chi connectivity index (χ2v) is 7.00. The molecule has 3 rings (SSSR count). The number of carbonyl (C=O) groups is 2. The summed E-state index contributed by atoms with van der Waals surface area (Å²) < 4.78 is 47.0. The third-order valence-corrected chi connectivity index (χ3v) is 4.84. The van der Waals surface area contributed by atoms with Crippen LogP contribution in [0.3, 0.4) is 0 Å². The quantitative estimate of drug-likeness (QED) is 0.770. The van der Waals surface area contributed by atoms with Gasteiger partial charge < -0.3 is 10.1 Å². The standard InChI is InChI=1S/C20H17ClF3N3O3/c1-12-25-19(20(22,23)24,26-17(28)14-5-7-15(21)8-6-14)18(29)27(12)11-13-3-9-16(30-2)10-4-13/h3-10H,11H2,1-2H3,(H,26,28). The first-order chi connectivity index (χ1) is 14.1. The molecule has 0 bridgehead atoms. The van der Waals surface area contributed by atoms with Crippen LogP contribution in [0.25, 0.3) is 0 Å². The molecule has 0 saturated heterocycles. The highest BCUT2D eigenvalue weighted by Crippen LogP contribution is 2.38. The van der Waals surface area contributed by atoms with Gasteiger partial charge in [-0.1, -0.05) is 23.7 Å². The lowest BCUT2D eigenvalue weighted by atomic mass is 10.1. The number of hydrogen-bond donors (Lipinski definition) is 1. The third-order valence-electron chi connectivity index (χ3n) is 4.59. The van der Waals surface area contributed by atoms with E-state index in [2.05, 4.69) is 4.99 Å². The van der Waals surface area contributed by atoms with Gasteiger partial charge in [-0.05, 0) is 48.9 Å². The van der Waals surface area contributed by atoms with Gasteiger partial charge in [0.2, 0.25) is 0 Å². The lowest BCUT2D eigenvalue weighted by Crippen LogP contribution is -2.63. The lowest BCUT2D eigenvalue weighted by Gasteiger charge is -2.29.